The second-order valence-corrected chi connectivity index (χ2v) is 5.81. The zero-order valence-electron chi connectivity index (χ0n) is 14.7. The Morgan fingerprint density at radius 1 is 1.12 bits per heavy atom. The molecule has 5 heteroatoms. The lowest BCUT2D eigenvalue weighted by atomic mass is 10.1. The van der Waals surface area contributed by atoms with Crippen molar-refractivity contribution < 1.29 is 14.5 Å². The fourth-order valence-electron chi connectivity index (χ4n) is 2.36. The lowest BCUT2D eigenvalue weighted by Gasteiger charge is -2.05. The summed E-state index contributed by atoms with van der Waals surface area (Å²) in [4.78, 5) is 22.8. The number of nitro benzene ring substituents is 1. The van der Waals surface area contributed by atoms with Crippen LogP contribution < -0.4 is 4.74 Å². The maximum atomic E-state index is 12.1. The van der Waals surface area contributed by atoms with Crippen LogP contribution in [0.5, 0.6) is 5.75 Å². The number of ether oxygens (including phenoxy) is 1. The lowest BCUT2D eigenvalue weighted by Crippen LogP contribution is -2.09. The van der Waals surface area contributed by atoms with E-state index in [9.17, 15) is 14.9 Å². The van der Waals surface area contributed by atoms with E-state index >= 15 is 0 Å². The average molecular weight is 351 g/mol. The van der Waals surface area contributed by atoms with Crippen LogP contribution in [0.1, 0.15) is 54.9 Å². The predicted octanol–water partition coefficient (Wildman–Crippen LogP) is 5.14. The highest BCUT2D eigenvalue weighted by atomic mass is 16.6. The van der Waals surface area contributed by atoms with Crippen LogP contribution in [0, 0.1) is 22.0 Å². The summed E-state index contributed by atoms with van der Waals surface area (Å²) in [5.74, 6) is 5.25. The number of carbonyl (C=O) groups excluding carboxylic acids is 1. The smallest absolute Gasteiger partial charge is 0.343 e. The van der Waals surface area contributed by atoms with Crippen molar-refractivity contribution in [2.45, 2.75) is 39.0 Å². The summed E-state index contributed by atoms with van der Waals surface area (Å²) in [6.45, 7) is 2.15. The molecular formula is C21H21NO4. The van der Waals surface area contributed by atoms with Crippen molar-refractivity contribution in [3.05, 3.63) is 69.8 Å². The summed E-state index contributed by atoms with van der Waals surface area (Å²) in [6, 6.07) is 12.7. The van der Waals surface area contributed by atoms with E-state index in [4.69, 9.17) is 4.74 Å². The van der Waals surface area contributed by atoms with Crippen molar-refractivity contribution in [1.82, 2.24) is 0 Å². The molecule has 134 valence electrons. The third-order valence-corrected chi connectivity index (χ3v) is 3.76. The van der Waals surface area contributed by atoms with Gasteiger partial charge in [0.25, 0.3) is 0 Å². The average Bonchev–Trinajstić information content (AvgIpc) is 2.66. The molecule has 0 aliphatic carbocycles. The van der Waals surface area contributed by atoms with Crippen LogP contribution in [0.2, 0.25) is 0 Å². The largest absolute Gasteiger partial charge is 0.416 e. The van der Waals surface area contributed by atoms with Gasteiger partial charge in [0.05, 0.1) is 10.5 Å². The van der Waals surface area contributed by atoms with Gasteiger partial charge in [0.1, 0.15) is 0 Å². The number of benzene rings is 2. The highest BCUT2D eigenvalue weighted by molar-refractivity contribution is 5.91. The number of hydrogen-bond acceptors (Lipinski definition) is 4. The van der Waals surface area contributed by atoms with Gasteiger partial charge in [-0.2, -0.15) is 0 Å². The van der Waals surface area contributed by atoms with E-state index < -0.39 is 10.9 Å². The monoisotopic (exact) mass is 351 g/mol. The molecule has 0 atom stereocenters. The highest BCUT2D eigenvalue weighted by Crippen LogP contribution is 2.28. The van der Waals surface area contributed by atoms with Crippen LogP contribution in [0.4, 0.5) is 5.69 Å². The Balaban J connectivity index is 2.10. The maximum Gasteiger partial charge on any atom is 0.343 e. The van der Waals surface area contributed by atoms with Gasteiger partial charge in [-0.05, 0) is 30.7 Å². The first kappa shape index (κ1) is 19.2. The summed E-state index contributed by atoms with van der Waals surface area (Å²) in [5, 5.41) is 11.3. The second-order valence-electron chi connectivity index (χ2n) is 5.81. The molecule has 0 saturated heterocycles. The van der Waals surface area contributed by atoms with E-state index in [0.717, 1.165) is 19.3 Å². The highest BCUT2D eigenvalue weighted by Gasteiger charge is 2.19. The zero-order chi connectivity index (χ0) is 18.8. The summed E-state index contributed by atoms with van der Waals surface area (Å²) >= 11 is 0. The number of rotatable bonds is 7. The Hall–Kier alpha value is -3.13. The first-order chi connectivity index (χ1) is 12.6. The molecule has 0 bridgehead atoms. The fraction of sp³-hybridized carbons (Fsp3) is 0.286. The van der Waals surface area contributed by atoms with E-state index in [1.165, 1.54) is 25.0 Å². The lowest BCUT2D eigenvalue weighted by molar-refractivity contribution is -0.385. The Bertz CT molecular complexity index is 819. The molecule has 2 rings (SSSR count). The molecule has 0 unspecified atom stereocenters. The second kappa shape index (κ2) is 10.00. The molecule has 0 saturated carbocycles. The number of esters is 1. The molecule has 0 radical (unpaired) electrons. The van der Waals surface area contributed by atoms with Crippen LogP contribution in [0.15, 0.2) is 48.5 Å². The van der Waals surface area contributed by atoms with E-state index in [2.05, 4.69) is 18.8 Å². The van der Waals surface area contributed by atoms with Gasteiger partial charge in [0.15, 0.2) is 0 Å². The molecule has 0 aliphatic rings. The normalized spacial score (nSPS) is 9.88. The molecule has 2 aromatic carbocycles. The van der Waals surface area contributed by atoms with Gasteiger partial charge >= 0.3 is 11.7 Å². The Labute approximate surface area is 153 Å². The minimum atomic E-state index is -0.636. The van der Waals surface area contributed by atoms with Crippen LogP contribution in [-0.2, 0) is 0 Å². The quantitative estimate of drug-likeness (QED) is 0.173. The van der Waals surface area contributed by atoms with Gasteiger partial charge in [-0.25, -0.2) is 4.79 Å². The molecule has 0 aromatic heterocycles. The molecule has 0 fully saturated rings. The minimum absolute atomic E-state index is 0.0858. The first-order valence-electron chi connectivity index (χ1n) is 8.66. The van der Waals surface area contributed by atoms with Gasteiger partial charge in [-0.1, -0.05) is 56.2 Å². The summed E-state index contributed by atoms with van der Waals surface area (Å²) in [6.07, 6.45) is 5.28. The van der Waals surface area contributed by atoms with Crippen molar-refractivity contribution >= 4 is 11.7 Å². The van der Waals surface area contributed by atoms with Crippen molar-refractivity contribution in [3.8, 4) is 17.6 Å². The molecule has 5 nitrogen and oxygen atoms in total. The molecule has 0 spiro atoms. The van der Waals surface area contributed by atoms with Crippen molar-refractivity contribution in [3.63, 3.8) is 0 Å². The molecule has 0 aliphatic heterocycles. The van der Waals surface area contributed by atoms with Gasteiger partial charge in [0, 0.05) is 18.1 Å². The van der Waals surface area contributed by atoms with E-state index in [1.807, 2.05) is 0 Å². The molecule has 2 aromatic rings. The molecular weight excluding hydrogens is 330 g/mol. The van der Waals surface area contributed by atoms with E-state index in [-0.39, 0.29) is 11.4 Å². The summed E-state index contributed by atoms with van der Waals surface area (Å²) in [5.41, 5.74) is 0.594. The van der Waals surface area contributed by atoms with Gasteiger partial charge in [0.2, 0.25) is 5.75 Å². The van der Waals surface area contributed by atoms with Crippen LogP contribution in [0.25, 0.3) is 0 Å². The van der Waals surface area contributed by atoms with Gasteiger partial charge < -0.3 is 4.74 Å². The number of hydrogen-bond donors (Lipinski definition) is 0. The van der Waals surface area contributed by atoms with E-state index in [0.29, 0.717) is 11.1 Å². The Morgan fingerprint density at radius 3 is 2.58 bits per heavy atom. The van der Waals surface area contributed by atoms with Crippen LogP contribution in [-0.4, -0.2) is 10.9 Å². The molecule has 0 N–H and O–H groups in total. The van der Waals surface area contributed by atoms with Crippen LogP contribution >= 0.6 is 0 Å². The zero-order valence-corrected chi connectivity index (χ0v) is 14.7. The third kappa shape index (κ3) is 5.75. The summed E-state index contributed by atoms with van der Waals surface area (Å²) in [7, 11) is 0. The Morgan fingerprint density at radius 2 is 1.88 bits per heavy atom. The molecule has 0 amide bonds. The third-order valence-electron chi connectivity index (χ3n) is 3.76. The van der Waals surface area contributed by atoms with Crippen LogP contribution in [0.3, 0.4) is 0 Å². The fourth-order valence-corrected chi connectivity index (χ4v) is 2.36. The minimum Gasteiger partial charge on any atom is -0.416 e. The Kier molecular flexibility index (Phi) is 7.38. The number of nitro groups is 1. The van der Waals surface area contributed by atoms with Crippen molar-refractivity contribution in [2.75, 3.05) is 0 Å². The van der Waals surface area contributed by atoms with Gasteiger partial charge in [-0.15, -0.1) is 0 Å². The summed E-state index contributed by atoms with van der Waals surface area (Å²) < 4.78 is 5.19. The number of nitrogens with zero attached hydrogens (tertiary/aromatic N) is 1. The maximum absolute atomic E-state index is 12.1. The first-order valence-corrected chi connectivity index (χ1v) is 8.66. The predicted molar refractivity (Wildman–Crippen MR) is 100 cm³/mol. The number of unbranched alkanes of at least 4 members (excludes halogenated alkanes) is 4. The topological polar surface area (TPSA) is 69.4 Å². The standard InChI is InChI=1S/C21H21NO4/c1-2-3-4-5-6-8-11-17-14-15-20(19(16-17)22(24)25)26-21(23)18-12-9-7-10-13-18/h7,9-10,12-16H,2-6H2,1H3. The van der Waals surface area contributed by atoms with Gasteiger partial charge in [-0.3, -0.25) is 10.1 Å². The molecule has 0 heterocycles. The van der Waals surface area contributed by atoms with Crippen molar-refractivity contribution in [2.24, 2.45) is 0 Å². The van der Waals surface area contributed by atoms with E-state index in [1.54, 1.807) is 36.4 Å². The van der Waals surface area contributed by atoms with Crippen molar-refractivity contribution in [1.29, 1.82) is 0 Å². The molecule has 26 heavy (non-hydrogen) atoms. The number of carbonyl (C=O) groups is 1. The SMILES string of the molecule is CCCCCCC#Cc1ccc(OC(=O)c2ccccc2)c([N+](=O)[O-])c1.